The third-order valence-electron chi connectivity index (χ3n) is 3.34. The van der Waals surface area contributed by atoms with E-state index in [-0.39, 0.29) is 25.0 Å². The van der Waals surface area contributed by atoms with Gasteiger partial charge in [-0.15, -0.1) is 0 Å². The van der Waals surface area contributed by atoms with Gasteiger partial charge in [-0.05, 0) is 24.5 Å². The maximum Gasteiger partial charge on any atom is 0.227 e. The number of amides is 1. The number of rotatable bonds is 7. The Balaban J connectivity index is 2.80. The van der Waals surface area contributed by atoms with Crippen LogP contribution in [0.15, 0.2) is 24.3 Å². The van der Waals surface area contributed by atoms with E-state index in [2.05, 4.69) is 13.8 Å². The zero-order chi connectivity index (χ0) is 14.3. The number of carbonyl (C=O) groups is 1. The Kier molecular flexibility index (Phi) is 6.89. The third-order valence-corrected chi connectivity index (χ3v) is 3.71. The first-order valence-electron chi connectivity index (χ1n) is 6.77. The van der Waals surface area contributed by atoms with Crippen LogP contribution in [-0.4, -0.2) is 35.1 Å². The molecule has 3 nitrogen and oxygen atoms in total. The van der Waals surface area contributed by atoms with Gasteiger partial charge in [-0.1, -0.05) is 43.6 Å². The molecule has 0 radical (unpaired) electrons. The Morgan fingerprint density at radius 2 is 1.95 bits per heavy atom. The van der Waals surface area contributed by atoms with E-state index in [1.54, 1.807) is 11.0 Å². The molecule has 1 N–H and O–H groups in total. The van der Waals surface area contributed by atoms with Crippen LogP contribution in [0.4, 0.5) is 0 Å². The zero-order valence-electron chi connectivity index (χ0n) is 11.6. The molecule has 1 rings (SSSR count). The quantitative estimate of drug-likeness (QED) is 0.836. The number of nitrogens with zero attached hydrogens (tertiary/aromatic N) is 1. The average molecular weight is 284 g/mol. The fourth-order valence-electron chi connectivity index (χ4n) is 2.25. The van der Waals surface area contributed by atoms with E-state index in [0.29, 0.717) is 11.6 Å². The summed E-state index contributed by atoms with van der Waals surface area (Å²) in [5.74, 6) is 0.0239. The molecule has 0 saturated carbocycles. The number of carbonyl (C=O) groups excluding carboxylic acids is 1. The minimum absolute atomic E-state index is 0.00916. The van der Waals surface area contributed by atoms with E-state index in [1.807, 2.05) is 18.2 Å². The molecular weight excluding hydrogens is 262 g/mol. The molecule has 1 amide bonds. The second kappa shape index (κ2) is 8.18. The summed E-state index contributed by atoms with van der Waals surface area (Å²) in [7, 11) is 0. The summed E-state index contributed by atoms with van der Waals surface area (Å²) >= 11 is 6.08. The smallest absolute Gasteiger partial charge is 0.227 e. The monoisotopic (exact) mass is 283 g/mol. The summed E-state index contributed by atoms with van der Waals surface area (Å²) in [5.41, 5.74) is 0.836. The number of hydrogen-bond acceptors (Lipinski definition) is 2. The van der Waals surface area contributed by atoms with Gasteiger partial charge in [-0.2, -0.15) is 0 Å². The molecule has 0 saturated heterocycles. The summed E-state index contributed by atoms with van der Waals surface area (Å²) in [4.78, 5) is 14.1. The average Bonchev–Trinajstić information content (AvgIpc) is 2.41. The highest BCUT2D eigenvalue weighted by molar-refractivity contribution is 6.31. The lowest BCUT2D eigenvalue weighted by molar-refractivity contribution is -0.133. The lowest BCUT2D eigenvalue weighted by Gasteiger charge is -2.30. The second-order valence-corrected chi connectivity index (χ2v) is 4.96. The first-order chi connectivity index (χ1) is 9.13. The molecule has 1 aromatic carbocycles. The molecule has 1 aromatic rings. The molecule has 0 aromatic heterocycles. The van der Waals surface area contributed by atoms with E-state index in [0.717, 1.165) is 18.4 Å². The van der Waals surface area contributed by atoms with Crippen molar-refractivity contribution in [1.82, 2.24) is 4.90 Å². The predicted molar refractivity (Wildman–Crippen MR) is 78.3 cm³/mol. The van der Waals surface area contributed by atoms with Crippen molar-refractivity contribution in [2.75, 3.05) is 13.2 Å². The predicted octanol–water partition coefficient (Wildman–Crippen LogP) is 2.89. The number of halogens is 1. The van der Waals surface area contributed by atoms with Crippen LogP contribution in [0.25, 0.3) is 0 Å². The SMILES string of the molecule is CCC(CC)N(CCO)C(=O)Cc1ccccc1Cl. The van der Waals surface area contributed by atoms with Gasteiger partial charge in [0.25, 0.3) is 0 Å². The van der Waals surface area contributed by atoms with Crippen molar-refractivity contribution < 1.29 is 9.90 Å². The van der Waals surface area contributed by atoms with Crippen molar-refractivity contribution in [3.05, 3.63) is 34.9 Å². The molecular formula is C15H22ClNO2. The van der Waals surface area contributed by atoms with Gasteiger partial charge in [0.15, 0.2) is 0 Å². The highest BCUT2D eigenvalue weighted by atomic mass is 35.5. The van der Waals surface area contributed by atoms with Gasteiger partial charge >= 0.3 is 0 Å². The topological polar surface area (TPSA) is 40.5 Å². The minimum atomic E-state index is -0.00916. The van der Waals surface area contributed by atoms with Crippen LogP contribution in [0.2, 0.25) is 5.02 Å². The molecule has 106 valence electrons. The fourth-order valence-corrected chi connectivity index (χ4v) is 2.46. The van der Waals surface area contributed by atoms with Gasteiger partial charge in [0, 0.05) is 17.6 Å². The Morgan fingerprint density at radius 1 is 1.32 bits per heavy atom. The zero-order valence-corrected chi connectivity index (χ0v) is 12.4. The largest absolute Gasteiger partial charge is 0.395 e. The Morgan fingerprint density at radius 3 is 2.47 bits per heavy atom. The first kappa shape index (κ1) is 16.0. The fraction of sp³-hybridized carbons (Fsp3) is 0.533. The van der Waals surface area contributed by atoms with Crippen LogP contribution in [0.1, 0.15) is 32.3 Å². The molecule has 0 heterocycles. The molecule has 0 fully saturated rings. The van der Waals surface area contributed by atoms with Crippen molar-refractivity contribution in [3.8, 4) is 0 Å². The van der Waals surface area contributed by atoms with Gasteiger partial charge < -0.3 is 10.0 Å². The molecule has 0 aliphatic carbocycles. The number of hydrogen-bond donors (Lipinski definition) is 1. The normalized spacial score (nSPS) is 10.8. The highest BCUT2D eigenvalue weighted by Crippen LogP contribution is 2.18. The van der Waals surface area contributed by atoms with Crippen molar-refractivity contribution in [2.24, 2.45) is 0 Å². The van der Waals surface area contributed by atoms with Crippen molar-refractivity contribution >= 4 is 17.5 Å². The summed E-state index contributed by atoms with van der Waals surface area (Å²) in [6, 6.07) is 7.56. The van der Waals surface area contributed by atoms with E-state index in [4.69, 9.17) is 16.7 Å². The Hall–Kier alpha value is -1.06. The lowest BCUT2D eigenvalue weighted by Crippen LogP contribution is -2.42. The number of aliphatic hydroxyl groups excluding tert-OH is 1. The van der Waals surface area contributed by atoms with Gasteiger partial charge in [0.05, 0.1) is 13.0 Å². The number of aliphatic hydroxyl groups is 1. The number of benzene rings is 1. The van der Waals surface area contributed by atoms with E-state index in [1.165, 1.54) is 0 Å². The van der Waals surface area contributed by atoms with Gasteiger partial charge in [-0.3, -0.25) is 4.79 Å². The molecule has 19 heavy (non-hydrogen) atoms. The van der Waals surface area contributed by atoms with E-state index >= 15 is 0 Å². The Labute approximate surface area is 120 Å². The van der Waals surface area contributed by atoms with Gasteiger partial charge in [-0.25, -0.2) is 0 Å². The molecule has 0 aliphatic heterocycles. The Bertz CT molecular complexity index is 405. The standard InChI is InChI=1S/C15H22ClNO2/c1-3-13(4-2)17(9-10-18)15(19)11-12-7-5-6-8-14(12)16/h5-8,13,18H,3-4,9-11H2,1-2H3. The second-order valence-electron chi connectivity index (χ2n) is 4.55. The van der Waals surface area contributed by atoms with Crippen LogP contribution >= 0.6 is 11.6 Å². The molecule has 0 bridgehead atoms. The van der Waals surface area contributed by atoms with Crippen LogP contribution in [-0.2, 0) is 11.2 Å². The summed E-state index contributed by atoms with van der Waals surface area (Å²) in [6.07, 6.45) is 2.08. The first-order valence-corrected chi connectivity index (χ1v) is 7.15. The molecule has 0 aliphatic rings. The summed E-state index contributed by atoms with van der Waals surface area (Å²) in [5, 5.41) is 9.74. The maximum absolute atomic E-state index is 12.4. The van der Waals surface area contributed by atoms with Crippen molar-refractivity contribution in [2.45, 2.75) is 39.2 Å². The van der Waals surface area contributed by atoms with E-state index < -0.39 is 0 Å². The van der Waals surface area contributed by atoms with Crippen molar-refractivity contribution in [1.29, 1.82) is 0 Å². The maximum atomic E-state index is 12.4. The van der Waals surface area contributed by atoms with Crippen LogP contribution in [0.5, 0.6) is 0 Å². The van der Waals surface area contributed by atoms with E-state index in [9.17, 15) is 4.79 Å². The molecule has 0 unspecified atom stereocenters. The highest BCUT2D eigenvalue weighted by Gasteiger charge is 2.21. The van der Waals surface area contributed by atoms with Gasteiger partial charge in [0.1, 0.15) is 0 Å². The van der Waals surface area contributed by atoms with Crippen LogP contribution in [0, 0.1) is 0 Å². The summed E-state index contributed by atoms with van der Waals surface area (Å²) in [6.45, 7) is 4.49. The molecule has 4 heteroatoms. The lowest BCUT2D eigenvalue weighted by atomic mass is 10.1. The molecule has 0 spiro atoms. The van der Waals surface area contributed by atoms with Crippen LogP contribution < -0.4 is 0 Å². The molecule has 0 atom stereocenters. The third kappa shape index (κ3) is 4.51. The van der Waals surface area contributed by atoms with Gasteiger partial charge in [0.2, 0.25) is 5.91 Å². The van der Waals surface area contributed by atoms with Crippen LogP contribution in [0.3, 0.4) is 0 Å². The minimum Gasteiger partial charge on any atom is -0.395 e. The van der Waals surface area contributed by atoms with Crippen molar-refractivity contribution in [3.63, 3.8) is 0 Å². The summed E-state index contributed by atoms with van der Waals surface area (Å²) < 4.78 is 0.